The van der Waals surface area contributed by atoms with Gasteiger partial charge >= 0.3 is 5.97 Å². The van der Waals surface area contributed by atoms with E-state index in [-0.39, 0.29) is 0 Å². The Hall–Kier alpha value is -3.48. The number of aromatic nitrogens is 1. The van der Waals surface area contributed by atoms with Gasteiger partial charge < -0.3 is 24.9 Å². The fourth-order valence-electron chi connectivity index (χ4n) is 3.72. The van der Waals surface area contributed by atoms with Crippen molar-refractivity contribution in [2.45, 2.75) is 25.6 Å². The van der Waals surface area contributed by atoms with E-state index < -0.39 is 12.0 Å². The zero-order valence-electron chi connectivity index (χ0n) is 18.2. The summed E-state index contributed by atoms with van der Waals surface area (Å²) < 4.78 is 11.4. The van der Waals surface area contributed by atoms with Crippen molar-refractivity contribution in [2.75, 3.05) is 7.11 Å². The second-order valence-electron chi connectivity index (χ2n) is 7.70. The number of H-pyrrole nitrogens is 1. The van der Waals surface area contributed by atoms with Crippen LogP contribution in [0.3, 0.4) is 0 Å². The Labute approximate surface area is 197 Å². The fraction of sp³-hybridized carbons (Fsp3) is 0.192. The second-order valence-corrected chi connectivity index (χ2v) is 8.11. The molecule has 0 aliphatic carbocycles. The molecule has 0 aliphatic rings. The Balaban J connectivity index is 1.42. The number of para-hydroxylation sites is 1. The number of aliphatic carboxylic acids is 1. The number of methoxy groups -OCH3 is 1. The zero-order valence-corrected chi connectivity index (χ0v) is 18.9. The maximum Gasteiger partial charge on any atom is 0.321 e. The van der Waals surface area contributed by atoms with Gasteiger partial charge in [-0.05, 0) is 35.4 Å². The second kappa shape index (κ2) is 10.4. The minimum absolute atomic E-state index is 0.319. The van der Waals surface area contributed by atoms with E-state index in [4.69, 9.17) is 21.1 Å². The highest BCUT2D eigenvalue weighted by molar-refractivity contribution is 6.31. The van der Waals surface area contributed by atoms with E-state index in [1.165, 1.54) is 0 Å². The fourth-order valence-corrected chi connectivity index (χ4v) is 3.91. The SMILES string of the molecule is COc1cc(CN[C@@H](Cc2c[nH]c3ccccc23)C(=O)O)ccc1OCc1ccccc1Cl. The van der Waals surface area contributed by atoms with Crippen LogP contribution in [0.1, 0.15) is 16.7 Å². The summed E-state index contributed by atoms with van der Waals surface area (Å²) in [7, 11) is 1.58. The third kappa shape index (κ3) is 5.48. The molecule has 0 saturated carbocycles. The molecule has 3 aromatic carbocycles. The van der Waals surface area contributed by atoms with Crippen LogP contribution in [0.5, 0.6) is 11.5 Å². The summed E-state index contributed by atoms with van der Waals surface area (Å²) in [6.07, 6.45) is 2.24. The van der Waals surface area contributed by atoms with E-state index >= 15 is 0 Å². The number of aromatic amines is 1. The van der Waals surface area contributed by atoms with Crippen LogP contribution in [0.25, 0.3) is 10.9 Å². The average Bonchev–Trinajstić information content (AvgIpc) is 3.24. The van der Waals surface area contributed by atoms with E-state index in [1.54, 1.807) is 7.11 Å². The molecular formula is C26H25ClN2O4. The van der Waals surface area contributed by atoms with Crippen molar-refractivity contribution in [3.63, 3.8) is 0 Å². The third-order valence-electron chi connectivity index (χ3n) is 5.52. The first-order valence-electron chi connectivity index (χ1n) is 10.6. The average molecular weight is 465 g/mol. The first-order chi connectivity index (χ1) is 16.0. The zero-order chi connectivity index (χ0) is 23.2. The Bertz CT molecular complexity index is 1250. The lowest BCUT2D eigenvalue weighted by Crippen LogP contribution is -2.38. The van der Waals surface area contributed by atoms with Crippen LogP contribution >= 0.6 is 11.6 Å². The summed E-state index contributed by atoms with van der Waals surface area (Å²) in [5.74, 6) is 0.270. The number of carboxylic acid groups (broad SMARTS) is 1. The molecule has 0 amide bonds. The van der Waals surface area contributed by atoms with E-state index in [9.17, 15) is 9.90 Å². The van der Waals surface area contributed by atoms with E-state index in [2.05, 4.69) is 10.3 Å². The Morgan fingerprint density at radius 1 is 1.06 bits per heavy atom. The molecule has 1 heterocycles. The minimum Gasteiger partial charge on any atom is -0.493 e. The van der Waals surface area contributed by atoms with Gasteiger partial charge in [0, 0.05) is 40.7 Å². The molecule has 0 unspecified atom stereocenters. The van der Waals surface area contributed by atoms with Crippen molar-refractivity contribution in [1.29, 1.82) is 0 Å². The molecule has 0 spiro atoms. The predicted molar refractivity (Wildman–Crippen MR) is 129 cm³/mol. The van der Waals surface area contributed by atoms with Gasteiger partial charge in [0.05, 0.1) is 7.11 Å². The van der Waals surface area contributed by atoms with Gasteiger partial charge in [0.1, 0.15) is 12.6 Å². The maximum absolute atomic E-state index is 11.9. The van der Waals surface area contributed by atoms with Gasteiger partial charge in [0.2, 0.25) is 0 Å². The molecule has 1 aromatic heterocycles. The highest BCUT2D eigenvalue weighted by Gasteiger charge is 2.19. The van der Waals surface area contributed by atoms with Gasteiger partial charge in [0.25, 0.3) is 0 Å². The molecule has 0 bridgehead atoms. The number of rotatable bonds is 10. The molecular weight excluding hydrogens is 440 g/mol. The van der Waals surface area contributed by atoms with Crippen LogP contribution in [0.4, 0.5) is 0 Å². The molecule has 4 rings (SSSR count). The summed E-state index contributed by atoms with van der Waals surface area (Å²) in [5, 5.41) is 14.6. The Morgan fingerprint density at radius 2 is 1.85 bits per heavy atom. The van der Waals surface area contributed by atoms with Crippen LogP contribution in [0, 0.1) is 0 Å². The molecule has 0 saturated heterocycles. The number of carboxylic acids is 1. The summed E-state index contributed by atoms with van der Waals surface area (Å²) in [6, 6.07) is 20.2. The van der Waals surface area contributed by atoms with Gasteiger partial charge in [0.15, 0.2) is 11.5 Å². The van der Waals surface area contributed by atoms with Crippen molar-refractivity contribution >= 4 is 28.5 Å². The molecule has 4 aromatic rings. The predicted octanol–water partition coefficient (Wildman–Crippen LogP) is 5.19. The number of benzene rings is 3. The molecule has 170 valence electrons. The number of fused-ring (bicyclic) bond motifs is 1. The molecule has 33 heavy (non-hydrogen) atoms. The number of hydrogen-bond donors (Lipinski definition) is 3. The van der Waals surface area contributed by atoms with E-state index in [0.29, 0.717) is 36.1 Å². The van der Waals surface area contributed by atoms with Crippen molar-refractivity contribution in [3.05, 3.63) is 94.6 Å². The monoisotopic (exact) mass is 464 g/mol. The number of hydrogen-bond acceptors (Lipinski definition) is 4. The number of ether oxygens (including phenoxy) is 2. The summed E-state index contributed by atoms with van der Waals surface area (Å²) >= 11 is 6.20. The molecule has 0 radical (unpaired) electrons. The van der Waals surface area contributed by atoms with Crippen molar-refractivity contribution in [2.24, 2.45) is 0 Å². The van der Waals surface area contributed by atoms with Crippen LogP contribution < -0.4 is 14.8 Å². The normalized spacial score (nSPS) is 11.9. The van der Waals surface area contributed by atoms with E-state index in [1.807, 2.05) is 72.9 Å². The van der Waals surface area contributed by atoms with Crippen LogP contribution in [-0.2, 0) is 24.4 Å². The Morgan fingerprint density at radius 3 is 2.64 bits per heavy atom. The smallest absolute Gasteiger partial charge is 0.321 e. The summed E-state index contributed by atoms with van der Waals surface area (Å²) in [6.45, 7) is 0.694. The van der Waals surface area contributed by atoms with Crippen LogP contribution in [0.15, 0.2) is 72.9 Å². The van der Waals surface area contributed by atoms with E-state index in [0.717, 1.165) is 27.6 Å². The number of halogens is 1. The first-order valence-corrected chi connectivity index (χ1v) is 11.0. The lowest BCUT2D eigenvalue weighted by molar-refractivity contribution is -0.139. The van der Waals surface area contributed by atoms with Crippen LogP contribution in [-0.4, -0.2) is 29.2 Å². The summed E-state index contributed by atoms with van der Waals surface area (Å²) in [5.41, 5.74) is 3.73. The molecule has 1 atom stereocenters. The topological polar surface area (TPSA) is 83.6 Å². The molecule has 6 nitrogen and oxygen atoms in total. The van der Waals surface area contributed by atoms with Gasteiger partial charge in [-0.2, -0.15) is 0 Å². The van der Waals surface area contributed by atoms with Crippen molar-refractivity contribution in [3.8, 4) is 11.5 Å². The lowest BCUT2D eigenvalue weighted by atomic mass is 10.0. The third-order valence-corrected chi connectivity index (χ3v) is 5.89. The maximum atomic E-state index is 11.9. The van der Waals surface area contributed by atoms with Gasteiger partial charge in [-0.1, -0.05) is 54.1 Å². The largest absolute Gasteiger partial charge is 0.493 e. The standard InChI is InChI=1S/C26H25ClN2O4/c1-32-25-12-17(10-11-24(25)33-16-18-6-2-4-8-21(18)27)14-28-23(26(30)31)13-19-15-29-22-9-5-3-7-20(19)22/h2-12,15,23,28-29H,13-14,16H2,1H3,(H,30,31)/t23-/m0/s1. The highest BCUT2D eigenvalue weighted by Crippen LogP contribution is 2.30. The Kier molecular flexibility index (Phi) is 7.17. The number of carbonyl (C=O) groups is 1. The van der Waals surface area contributed by atoms with Crippen molar-refractivity contribution in [1.82, 2.24) is 10.3 Å². The molecule has 3 N–H and O–H groups in total. The lowest BCUT2D eigenvalue weighted by Gasteiger charge is -2.16. The molecule has 7 heteroatoms. The van der Waals surface area contributed by atoms with Gasteiger partial charge in [-0.25, -0.2) is 0 Å². The van der Waals surface area contributed by atoms with Crippen molar-refractivity contribution < 1.29 is 19.4 Å². The molecule has 0 fully saturated rings. The minimum atomic E-state index is -0.896. The number of nitrogens with one attached hydrogen (secondary N) is 2. The van der Waals surface area contributed by atoms with Crippen LogP contribution in [0.2, 0.25) is 5.02 Å². The van der Waals surface area contributed by atoms with Gasteiger partial charge in [-0.15, -0.1) is 0 Å². The highest BCUT2D eigenvalue weighted by atomic mass is 35.5. The van der Waals surface area contributed by atoms with Gasteiger partial charge in [-0.3, -0.25) is 4.79 Å². The molecule has 0 aliphatic heterocycles. The summed E-state index contributed by atoms with van der Waals surface area (Å²) in [4.78, 5) is 15.1. The first kappa shape index (κ1) is 22.7. The quantitative estimate of drug-likeness (QED) is 0.300.